The molecular formula is C10H19FN2O2. The molecule has 88 valence electrons. The highest BCUT2D eigenvalue weighted by atomic mass is 19.1. The Labute approximate surface area is 89.4 Å². The summed E-state index contributed by atoms with van der Waals surface area (Å²) in [5, 5.41) is 12.1. The van der Waals surface area contributed by atoms with E-state index in [2.05, 4.69) is 5.32 Å². The van der Waals surface area contributed by atoms with Crippen LogP contribution in [0.1, 0.15) is 27.2 Å². The standard InChI is InChI=1S/C10H19FN2O2/c1-10(2,3)13(9(14)15)8-6-12-5-4-7(8)11/h7-8,12H,4-6H2,1-3H3,(H,14,15)/t7-,8-/m0/s1. The summed E-state index contributed by atoms with van der Waals surface area (Å²) in [6, 6.07) is -0.573. The molecule has 0 aromatic rings. The second kappa shape index (κ2) is 4.35. The van der Waals surface area contributed by atoms with E-state index in [1.807, 2.05) is 0 Å². The Bertz CT molecular complexity index is 240. The Balaban J connectivity index is 2.83. The van der Waals surface area contributed by atoms with Gasteiger partial charge in [-0.05, 0) is 33.7 Å². The zero-order chi connectivity index (χ0) is 11.6. The summed E-state index contributed by atoms with van der Waals surface area (Å²) in [5.74, 6) is 0. The first-order valence-electron chi connectivity index (χ1n) is 5.21. The highest BCUT2D eigenvalue weighted by Gasteiger charge is 2.39. The Kier molecular flexibility index (Phi) is 3.54. The molecule has 0 aliphatic carbocycles. The van der Waals surface area contributed by atoms with Crippen LogP contribution in [0.2, 0.25) is 0 Å². The Hall–Kier alpha value is -0.840. The summed E-state index contributed by atoms with van der Waals surface area (Å²) in [5.41, 5.74) is -0.570. The van der Waals surface area contributed by atoms with Gasteiger partial charge in [-0.3, -0.25) is 4.90 Å². The highest BCUT2D eigenvalue weighted by Crippen LogP contribution is 2.23. The minimum absolute atomic E-state index is 0.379. The zero-order valence-electron chi connectivity index (χ0n) is 9.46. The van der Waals surface area contributed by atoms with Gasteiger partial charge in [-0.1, -0.05) is 0 Å². The normalized spacial score (nSPS) is 27.5. The second-order valence-electron chi connectivity index (χ2n) is 4.90. The van der Waals surface area contributed by atoms with Crippen LogP contribution in [-0.4, -0.2) is 46.9 Å². The van der Waals surface area contributed by atoms with E-state index in [1.165, 1.54) is 4.90 Å². The third kappa shape index (κ3) is 2.81. The lowest BCUT2D eigenvalue weighted by Gasteiger charge is -2.42. The first kappa shape index (κ1) is 12.2. The van der Waals surface area contributed by atoms with Crippen molar-refractivity contribution in [1.29, 1.82) is 0 Å². The second-order valence-corrected chi connectivity index (χ2v) is 4.90. The molecule has 1 aliphatic rings. The molecule has 0 bridgehead atoms. The van der Waals surface area contributed by atoms with Crippen LogP contribution in [0, 0.1) is 0 Å². The maximum Gasteiger partial charge on any atom is 0.408 e. The number of alkyl halides is 1. The van der Waals surface area contributed by atoms with E-state index >= 15 is 0 Å². The number of hydrogen-bond acceptors (Lipinski definition) is 2. The van der Waals surface area contributed by atoms with Crippen molar-refractivity contribution in [2.45, 2.75) is 44.9 Å². The molecule has 2 N–H and O–H groups in total. The number of carboxylic acid groups (broad SMARTS) is 1. The maximum absolute atomic E-state index is 13.6. The minimum atomic E-state index is -1.07. The Morgan fingerprint density at radius 3 is 2.53 bits per heavy atom. The van der Waals surface area contributed by atoms with Crippen LogP contribution < -0.4 is 5.32 Å². The molecule has 15 heavy (non-hydrogen) atoms. The lowest BCUT2D eigenvalue weighted by Crippen LogP contribution is -2.60. The van der Waals surface area contributed by atoms with E-state index in [-0.39, 0.29) is 0 Å². The number of nitrogens with one attached hydrogen (secondary N) is 1. The zero-order valence-corrected chi connectivity index (χ0v) is 9.46. The van der Waals surface area contributed by atoms with E-state index in [4.69, 9.17) is 5.11 Å². The molecule has 5 heteroatoms. The maximum atomic E-state index is 13.6. The van der Waals surface area contributed by atoms with E-state index in [0.717, 1.165) is 0 Å². The van der Waals surface area contributed by atoms with Gasteiger partial charge >= 0.3 is 6.09 Å². The Morgan fingerprint density at radius 2 is 2.13 bits per heavy atom. The lowest BCUT2D eigenvalue weighted by atomic mass is 9.97. The van der Waals surface area contributed by atoms with Gasteiger partial charge < -0.3 is 10.4 Å². The van der Waals surface area contributed by atoms with Crippen LogP contribution >= 0.6 is 0 Å². The molecule has 0 radical (unpaired) electrons. The molecule has 1 heterocycles. The predicted molar refractivity (Wildman–Crippen MR) is 55.8 cm³/mol. The van der Waals surface area contributed by atoms with Crippen molar-refractivity contribution < 1.29 is 14.3 Å². The van der Waals surface area contributed by atoms with Crippen molar-refractivity contribution in [3.05, 3.63) is 0 Å². The molecule has 0 spiro atoms. The molecule has 1 amide bonds. The number of nitrogens with zero attached hydrogens (tertiary/aromatic N) is 1. The molecule has 0 aromatic carbocycles. The molecule has 1 rings (SSSR count). The van der Waals surface area contributed by atoms with Gasteiger partial charge in [0.25, 0.3) is 0 Å². The number of rotatable bonds is 1. The molecule has 4 nitrogen and oxygen atoms in total. The number of hydrogen-bond donors (Lipinski definition) is 2. The highest BCUT2D eigenvalue weighted by molar-refractivity contribution is 5.66. The molecule has 1 fully saturated rings. The Morgan fingerprint density at radius 1 is 1.53 bits per heavy atom. The van der Waals surface area contributed by atoms with Gasteiger partial charge in [0, 0.05) is 12.1 Å². The third-order valence-corrected chi connectivity index (χ3v) is 2.63. The average molecular weight is 218 g/mol. The minimum Gasteiger partial charge on any atom is -0.465 e. The van der Waals surface area contributed by atoms with Gasteiger partial charge in [-0.25, -0.2) is 9.18 Å². The fourth-order valence-corrected chi connectivity index (χ4v) is 1.99. The number of amides is 1. The summed E-state index contributed by atoms with van der Waals surface area (Å²) in [7, 11) is 0. The number of piperidine rings is 1. The fourth-order valence-electron chi connectivity index (χ4n) is 1.99. The van der Waals surface area contributed by atoms with Crippen LogP contribution in [0.25, 0.3) is 0 Å². The van der Waals surface area contributed by atoms with Gasteiger partial charge in [0.05, 0.1) is 6.04 Å². The predicted octanol–water partition coefficient (Wildman–Crippen LogP) is 1.46. The molecule has 0 saturated carbocycles. The molecule has 1 saturated heterocycles. The average Bonchev–Trinajstić information content (AvgIpc) is 2.05. The van der Waals surface area contributed by atoms with Crippen molar-refractivity contribution in [3.8, 4) is 0 Å². The van der Waals surface area contributed by atoms with E-state index < -0.39 is 23.8 Å². The van der Waals surface area contributed by atoms with Gasteiger partial charge in [-0.2, -0.15) is 0 Å². The smallest absolute Gasteiger partial charge is 0.408 e. The monoisotopic (exact) mass is 218 g/mol. The molecule has 0 unspecified atom stereocenters. The topological polar surface area (TPSA) is 52.6 Å². The van der Waals surface area contributed by atoms with Gasteiger partial charge in [0.1, 0.15) is 6.17 Å². The van der Waals surface area contributed by atoms with Gasteiger partial charge in [0.2, 0.25) is 0 Å². The van der Waals surface area contributed by atoms with Crippen molar-refractivity contribution >= 4 is 6.09 Å². The lowest BCUT2D eigenvalue weighted by molar-refractivity contribution is 0.0265. The number of carbonyl (C=O) groups is 1. The summed E-state index contributed by atoms with van der Waals surface area (Å²) in [6.45, 7) is 6.35. The summed E-state index contributed by atoms with van der Waals surface area (Å²) in [4.78, 5) is 12.3. The van der Waals surface area contributed by atoms with E-state index in [0.29, 0.717) is 19.5 Å². The molecule has 1 aliphatic heterocycles. The van der Waals surface area contributed by atoms with Gasteiger partial charge in [-0.15, -0.1) is 0 Å². The SMILES string of the molecule is CC(C)(C)N(C(=O)O)[C@H]1CNCC[C@@H]1F. The summed E-state index contributed by atoms with van der Waals surface area (Å²) in [6.07, 6.45) is -1.75. The summed E-state index contributed by atoms with van der Waals surface area (Å²) < 4.78 is 13.6. The van der Waals surface area contributed by atoms with Crippen LogP contribution in [0.4, 0.5) is 9.18 Å². The molecular weight excluding hydrogens is 199 g/mol. The third-order valence-electron chi connectivity index (χ3n) is 2.63. The van der Waals surface area contributed by atoms with E-state index in [1.54, 1.807) is 20.8 Å². The first-order chi connectivity index (χ1) is 6.84. The van der Waals surface area contributed by atoms with Crippen LogP contribution in [0.5, 0.6) is 0 Å². The van der Waals surface area contributed by atoms with Crippen LogP contribution in [0.3, 0.4) is 0 Å². The quantitative estimate of drug-likeness (QED) is 0.700. The fraction of sp³-hybridized carbons (Fsp3) is 0.900. The first-order valence-corrected chi connectivity index (χ1v) is 5.21. The van der Waals surface area contributed by atoms with Crippen LogP contribution in [0.15, 0.2) is 0 Å². The van der Waals surface area contributed by atoms with Crippen LogP contribution in [-0.2, 0) is 0 Å². The van der Waals surface area contributed by atoms with E-state index in [9.17, 15) is 9.18 Å². The molecule has 0 aromatic heterocycles. The van der Waals surface area contributed by atoms with Crippen molar-refractivity contribution in [3.63, 3.8) is 0 Å². The largest absolute Gasteiger partial charge is 0.465 e. The molecule has 2 atom stereocenters. The summed E-state index contributed by atoms with van der Waals surface area (Å²) >= 11 is 0. The van der Waals surface area contributed by atoms with Crippen molar-refractivity contribution in [1.82, 2.24) is 10.2 Å². The van der Waals surface area contributed by atoms with Crippen molar-refractivity contribution in [2.75, 3.05) is 13.1 Å². The number of halogens is 1. The van der Waals surface area contributed by atoms with Crippen molar-refractivity contribution in [2.24, 2.45) is 0 Å². The van der Waals surface area contributed by atoms with Gasteiger partial charge in [0.15, 0.2) is 0 Å².